The van der Waals surface area contributed by atoms with Gasteiger partial charge in [0.15, 0.2) is 0 Å². The highest BCUT2D eigenvalue weighted by molar-refractivity contribution is 9.10. The molecule has 0 aliphatic carbocycles. The van der Waals surface area contributed by atoms with Gasteiger partial charge in [0.05, 0.1) is 6.10 Å². The third-order valence-corrected chi connectivity index (χ3v) is 4.06. The van der Waals surface area contributed by atoms with E-state index in [1.54, 1.807) is 4.90 Å². The molecule has 4 nitrogen and oxygen atoms in total. The third kappa shape index (κ3) is 2.53. The highest BCUT2D eigenvalue weighted by Crippen LogP contribution is 2.22. The highest BCUT2D eigenvalue weighted by Gasteiger charge is 2.23. The van der Waals surface area contributed by atoms with Crippen molar-refractivity contribution in [3.63, 3.8) is 0 Å². The summed E-state index contributed by atoms with van der Waals surface area (Å²) in [5.74, 6) is 0.0132. The third-order valence-electron chi connectivity index (χ3n) is 3.57. The number of benzene rings is 1. The van der Waals surface area contributed by atoms with Crippen LogP contribution in [0.3, 0.4) is 0 Å². The standard InChI is InChI=1S/C14H15BrN2O2/c15-10-2-1-9-7-13(16-12(9)8-10)14(19)17-5-3-11(18)4-6-17/h1-2,7-8,11,16,18H,3-6H2. The first-order chi connectivity index (χ1) is 9.13. The Hall–Kier alpha value is -1.33. The Morgan fingerprint density at radius 2 is 2.05 bits per heavy atom. The zero-order valence-electron chi connectivity index (χ0n) is 10.4. The van der Waals surface area contributed by atoms with E-state index in [1.807, 2.05) is 24.3 Å². The number of likely N-dealkylation sites (tertiary alicyclic amines) is 1. The van der Waals surface area contributed by atoms with Crippen molar-refractivity contribution in [3.8, 4) is 0 Å². The predicted molar refractivity (Wildman–Crippen MR) is 77.1 cm³/mol. The van der Waals surface area contributed by atoms with Crippen molar-refractivity contribution in [2.24, 2.45) is 0 Å². The van der Waals surface area contributed by atoms with Crippen molar-refractivity contribution in [3.05, 3.63) is 34.4 Å². The summed E-state index contributed by atoms with van der Waals surface area (Å²) >= 11 is 3.42. The second-order valence-electron chi connectivity index (χ2n) is 4.94. The van der Waals surface area contributed by atoms with Crippen molar-refractivity contribution >= 4 is 32.7 Å². The van der Waals surface area contributed by atoms with Gasteiger partial charge in [-0.15, -0.1) is 0 Å². The fourth-order valence-corrected chi connectivity index (χ4v) is 2.81. The number of hydrogen-bond acceptors (Lipinski definition) is 2. The summed E-state index contributed by atoms with van der Waals surface area (Å²) in [6.07, 6.45) is 1.07. The van der Waals surface area contributed by atoms with Crippen LogP contribution in [0.25, 0.3) is 10.9 Å². The van der Waals surface area contributed by atoms with E-state index in [2.05, 4.69) is 20.9 Å². The molecule has 1 fully saturated rings. The fraction of sp³-hybridized carbons (Fsp3) is 0.357. The number of aromatic nitrogens is 1. The van der Waals surface area contributed by atoms with Gasteiger partial charge in [-0.1, -0.05) is 22.0 Å². The molecule has 1 aromatic heterocycles. The molecule has 100 valence electrons. The molecule has 1 aromatic carbocycles. The van der Waals surface area contributed by atoms with E-state index in [1.165, 1.54) is 0 Å². The Morgan fingerprint density at radius 1 is 1.32 bits per heavy atom. The van der Waals surface area contributed by atoms with E-state index in [0.29, 0.717) is 31.6 Å². The maximum atomic E-state index is 12.4. The van der Waals surface area contributed by atoms with Gasteiger partial charge in [0.1, 0.15) is 5.69 Å². The molecule has 0 spiro atoms. The Kier molecular flexibility index (Phi) is 3.33. The van der Waals surface area contributed by atoms with Gasteiger partial charge in [0.25, 0.3) is 5.91 Å². The number of hydrogen-bond donors (Lipinski definition) is 2. The zero-order chi connectivity index (χ0) is 13.4. The van der Waals surface area contributed by atoms with E-state index in [-0.39, 0.29) is 12.0 Å². The lowest BCUT2D eigenvalue weighted by molar-refractivity contribution is 0.0542. The summed E-state index contributed by atoms with van der Waals surface area (Å²) in [7, 11) is 0. The number of carbonyl (C=O) groups excluding carboxylic acids is 1. The molecule has 0 unspecified atom stereocenters. The number of aromatic amines is 1. The topological polar surface area (TPSA) is 56.3 Å². The number of amides is 1. The minimum atomic E-state index is -0.261. The van der Waals surface area contributed by atoms with Gasteiger partial charge in [-0.3, -0.25) is 4.79 Å². The maximum absolute atomic E-state index is 12.4. The van der Waals surface area contributed by atoms with Crippen molar-refractivity contribution in [2.45, 2.75) is 18.9 Å². The maximum Gasteiger partial charge on any atom is 0.270 e. The lowest BCUT2D eigenvalue weighted by atomic mass is 10.1. The Labute approximate surface area is 119 Å². The van der Waals surface area contributed by atoms with Crippen molar-refractivity contribution in [1.29, 1.82) is 0 Å². The molecule has 2 heterocycles. The van der Waals surface area contributed by atoms with Crippen LogP contribution in [0.4, 0.5) is 0 Å². The van der Waals surface area contributed by atoms with Crippen LogP contribution < -0.4 is 0 Å². The molecule has 1 aliphatic heterocycles. The number of fused-ring (bicyclic) bond motifs is 1. The number of carbonyl (C=O) groups is 1. The number of nitrogens with zero attached hydrogens (tertiary/aromatic N) is 1. The summed E-state index contributed by atoms with van der Waals surface area (Å²) < 4.78 is 0.988. The van der Waals surface area contributed by atoms with Gasteiger partial charge in [0.2, 0.25) is 0 Å². The first-order valence-electron chi connectivity index (χ1n) is 6.39. The van der Waals surface area contributed by atoms with E-state index in [9.17, 15) is 9.90 Å². The molecule has 1 saturated heterocycles. The zero-order valence-corrected chi connectivity index (χ0v) is 12.0. The quantitative estimate of drug-likeness (QED) is 0.847. The summed E-state index contributed by atoms with van der Waals surface area (Å²) in [4.78, 5) is 17.3. The van der Waals surface area contributed by atoms with E-state index in [0.717, 1.165) is 15.4 Å². The van der Waals surface area contributed by atoms with Gasteiger partial charge >= 0.3 is 0 Å². The van der Waals surface area contributed by atoms with Crippen LogP contribution in [0.15, 0.2) is 28.7 Å². The van der Waals surface area contributed by atoms with E-state index in [4.69, 9.17) is 0 Å². The Bertz CT molecular complexity index is 615. The number of nitrogens with one attached hydrogen (secondary N) is 1. The van der Waals surface area contributed by atoms with Crippen LogP contribution in [-0.4, -0.2) is 40.1 Å². The van der Waals surface area contributed by atoms with Crippen LogP contribution in [0.2, 0.25) is 0 Å². The molecular formula is C14H15BrN2O2. The van der Waals surface area contributed by atoms with E-state index < -0.39 is 0 Å². The normalized spacial score (nSPS) is 17.1. The number of piperidine rings is 1. The summed E-state index contributed by atoms with van der Waals surface area (Å²) in [5.41, 5.74) is 1.57. The van der Waals surface area contributed by atoms with Gasteiger partial charge in [-0.2, -0.15) is 0 Å². The van der Waals surface area contributed by atoms with E-state index >= 15 is 0 Å². The van der Waals surface area contributed by atoms with Gasteiger partial charge in [-0.05, 0) is 31.0 Å². The van der Waals surface area contributed by atoms with Crippen molar-refractivity contribution in [1.82, 2.24) is 9.88 Å². The number of H-pyrrole nitrogens is 1. The lowest BCUT2D eigenvalue weighted by Crippen LogP contribution is -2.40. The largest absolute Gasteiger partial charge is 0.393 e. The summed E-state index contributed by atoms with van der Waals surface area (Å²) in [6.45, 7) is 1.25. The monoisotopic (exact) mass is 322 g/mol. The average molecular weight is 323 g/mol. The van der Waals surface area contributed by atoms with Crippen LogP contribution in [0.5, 0.6) is 0 Å². The average Bonchev–Trinajstić information content (AvgIpc) is 2.81. The molecular weight excluding hydrogens is 308 g/mol. The predicted octanol–water partition coefficient (Wildman–Crippen LogP) is 2.53. The molecule has 19 heavy (non-hydrogen) atoms. The van der Waals surface area contributed by atoms with Crippen LogP contribution in [-0.2, 0) is 0 Å². The van der Waals surface area contributed by atoms with Gasteiger partial charge in [0, 0.05) is 28.5 Å². The molecule has 0 bridgehead atoms. The molecule has 3 rings (SSSR count). The Morgan fingerprint density at radius 3 is 2.79 bits per heavy atom. The summed E-state index contributed by atoms with van der Waals surface area (Å²) in [6, 6.07) is 7.79. The molecule has 2 aromatic rings. The minimum absolute atomic E-state index is 0.0132. The fourth-order valence-electron chi connectivity index (χ4n) is 2.45. The molecule has 1 aliphatic rings. The van der Waals surface area contributed by atoms with Crippen molar-refractivity contribution in [2.75, 3.05) is 13.1 Å². The molecule has 2 N–H and O–H groups in total. The first-order valence-corrected chi connectivity index (χ1v) is 7.18. The number of halogens is 1. The molecule has 0 saturated carbocycles. The molecule has 0 atom stereocenters. The van der Waals surface area contributed by atoms with Gasteiger partial charge in [-0.25, -0.2) is 0 Å². The molecule has 0 radical (unpaired) electrons. The second-order valence-corrected chi connectivity index (χ2v) is 5.85. The number of aliphatic hydroxyl groups is 1. The first kappa shape index (κ1) is 12.7. The van der Waals surface area contributed by atoms with Crippen molar-refractivity contribution < 1.29 is 9.90 Å². The highest BCUT2D eigenvalue weighted by atomic mass is 79.9. The van der Waals surface area contributed by atoms with Crippen LogP contribution in [0, 0.1) is 0 Å². The van der Waals surface area contributed by atoms with Gasteiger partial charge < -0.3 is 15.0 Å². The second kappa shape index (κ2) is 4.98. The molecule has 1 amide bonds. The van der Waals surface area contributed by atoms with Crippen LogP contribution in [0.1, 0.15) is 23.3 Å². The SMILES string of the molecule is O=C(c1cc2ccc(Br)cc2[nH]1)N1CCC(O)CC1. The lowest BCUT2D eigenvalue weighted by Gasteiger charge is -2.29. The van der Waals surface area contributed by atoms with Crippen LogP contribution >= 0.6 is 15.9 Å². The Balaban J connectivity index is 1.85. The summed E-state index contributed by atoms with van der Waals surface area (Å²) in [5, 5.41) is 10.5. The molecule has 5 heteroatoms. The number of rotatable bonds is 1. The smallest absolute Gasteiger partial charge is 0.270 e. The minimum Gasteiger partial charge on any atom is -0.393 e. The number of aliphatic hydroxyl groups excluding tert-OH is 1.